The topological polar surface area (TPSA) is 46.1 Å². The summed E-state index contributed by atoms with van der Waals surface area (Å²) < 4.78 is 1.09. The van der Waals surface area contributed by atoms with Crippen LogP contribution in [0.4, 0.5) is 5.13 Å². The van der Waals surface area contributed by atoms with Crippen LogP contribution in [0.1, 0.15) is 16.8 Å². The Morgan fingerprint density at radius 2 is 1.90 bits per heavy atom. The van der Waals surface area contributed by atoms with E-state index < -0.39 is 0 Å². The van der Waals surface area contributed by atoms with Gasteiger partial charge in [-0.05, 0) is 42.3 Å². The van der Waals surface area contributed by atoms with Gasteiger partial charge in [0.1, 0.15) is 0 Å². The van der Waals surface area contributed by atoms with Crippen molar-refractivity contribution in [1.82, 2.24) is 9.97 Å². The molecule has 6 heteroatoms. The molecule has 0 saturated heterocycles. The molecule has 2 aromatic carbocycles. The van der Waals surface area contributed by atoms with Crippen LogP contribution in [0.2, 0.25) is 0 Å². The number of amides is 1. The number of rotatable bonds is 7. The third-order valence-electron chi connectivity index (χ3n) is 4.45. The monoisotopic (exact) mass is 419 g/mol. The molecule has 0 aliphatic rings. The van der Waals surface area contributed by atoms with Crippen molar-refractivity contribution in [1.29, 1.82) is 0 Å². The van der Waals surface area contributed by atoms with Crippen LogP contribution >= 0.6 is 23.1 Å². The molecule has 0 saturated carbocycles. The maximum absolute atomic E-state index is 13.1. The van der Waals surface area contributed by atoms with Gasteiger partial charge in [0.15, 0.2) is 5.13 Å². The van der Waals surface area contributed by atoms with Crippen molar-refractivity contribution in [2.75, 3.05) is 10.7 Å². The number of aromatic nitrogens is 2. The van der Waals surface area contributed by atoms with Crippen LogP contribution in [0.25, 0.3) is 10.2 Å². The average Bonchev–Trinajstić information content (AvgIpc) is 3.16. The van der Waals surface area contributed by atoms with Crippen molar-refractivity contribution in [3.8, 4) is 0 Å². The molecule has 0 aliphatic heterocycles. The van der Waals surface area contributed by atoms with Gasteiger partial charge in [-0.3, -0.25) is 14.7 Å². The summed E-state index contributed by atoms with van der Waals surface area (Å²) in [5, 5.41) is 0.724. The SMILES string of the molecule is Cc1ccc2nc(N(Cc3ccccn3)C(=O)CSCc3ccccc3)sc2c1. The molecule has 4 aromatic rings. The lowest BCUT2D eigenvalue weighted by atomic mass is 10.2. The van der Waals surface area contributed by atoms with Gasteiger partial charge in [-0.15, -0.1) is 11.8 Å². The molecule has 146 valence electrons. The first-order chi connectivity index (χ1) is 14.2. The van der Waals surface area contributed by atoms with E-state index in [1.54, 1.807) is 34.2 Å². The van der Waals surface area contributed by atoms with Gasteiger partial charge in [0.25, 0.3) is 0 Å². The van der Waals surface area contributed by atoms with Gasteiger partial charge >= 0.3 is 0 Å². The summed E-state index contributed by atoms with van der Waals surface area (Å²) in [5.74, 6) is 1.26. The maximum Gasteiger partial charge on any atom is 0.239 e. The number of aryl methyl sites for hydroxylation is 1. The largest absolute Gasteiger partial charge is 0.281 e. The highest BCUT2D eigenvalue weighted by Crippen LogP contribution is 2.31. The number of thiazole rings is 1. The summed E-state index contributed by atoms with van der Waals surface area (Å²) in [6.07, 6.45) is 1.75. The number of carbonyl (C=O) groups is 1. The Morgan fingerprint density at radius 1 is 1.07 bits per heavy atom. The molecule has 0 bridgehead atoms. The molecule has 0 atom stereocenters. The molecule has 2 heterocycles. The highest BCUT2D eigenvalue weighted by Gasteiger charge is 2.20. The minimum atomic E-state index is 0.0485. The van der Waals surface area contributed by atoms with Gasteiger partial charge in [-0.2, -0.15) is 0 Å². The van der Waals surface area contributed by atoms with Crippen molar-refractivity contribution >= 4 is 44.4 Å². The van der Waals surface area contributed by atoms with Crippen LogP contribution in [0.15, 0.2) is 72.9 Å². The minimum Gasteiger partial charge on any atom is -0.281 e. The van der Waals surface area contributed by atoms with Crippen LogP contribution < -0.4 is 4.90 Å². The zero-order valence-corrected chi connectivity index (χ0v) is 17.7. The molecule has 0 fully saturated rings. The fraction of sp³-hybridized carbons (Fsp3) is 0.174. The molecule has 4 nitrogen and oxygen atoms in total. The van der Waals surface area contributed by atoms with Crippen LogP contribution in [-0.4, -0.2) is 21.6 Å². The first-order valence-corrected chi connectivity index (χ1v) is 11.4. The Morgan fingerprint density at radius 3 is 2.69 bits per heavy atom. The molecule has 0 aliphatic carbocycles. The Bertz CT molecular complexity index is 1100. The van der Waals surface area contributed by atoms with Crippen molar-refractivity contribution in [2.45, 2.75) is 19.2 Å². The normalized spacial score (nSPS) is 10.9. The van der Waals surface area contributed by atoms with Crippen LogP contribution in [0.3, 0.4) is 0 Å². The van der Waals surface area contributed by atoms with E-state index in [1.165, 1.54) is 11.1 Å². The van der Waals surface area contributed by atoms with Crippen LogP contribution in [0, 0.1) is 6.92 Å². The molecule has 0 unspecified atom stereocenters. The number of pyridine rings is 1. The quantitative estimate of drug-likeness (QED) is 0.399. The van der Waals surface area contributed by atoms with E-state index in [0.29, 0.717) is 12.3 Å². The smallest absolute Gasteiger partial charge is 0.239 e. The number of anilines is 1. The second-order valence-corrected chi connectivity index (χ2v) is 8.74. The second kappa shape index (κ2) is 9.20. The Hall–Kier alpha value is -2.70. The summed E-state index contributed by atoms with van der Waals surface area (Å²) in [5.41, 5.74) is 4.18. The van der Waals surface area contributed by atoms with E-state index in [4.69, 9.17) is 4.98 Å². The number of hydrogen-bond acceptors (Lipinski definition) is 5. The fourth-order valence-electron chi connectivity index (χ4n) is 2.96. The van der Waals surface area contributed by atoms with Crippen molar-refractivity contribution in [3.63, 3.8) is 0 Å². The number of thioether (sulfide) groups is 1. The standard InChI is InChI=1S/C23H21N3OS2/c1-17-10-11-20-21(13-17)29-23(25-20)26(14-19-9-5-6-12-24-19)22(27)16-28-15-18-7-3-2-4-8-18/h2-13H,14-16H2,1H3. The van der Waals surface area contributed by atoms with Crippen LogP contribution in [0.5, 0.6) is 0 Å². The molecule has 2 aromatic heterocycles. The van der Waals surface area contributed by atoms with Crippen LogP contribution in [-0.2, 0) is 17.1 Å². The average molecular weight is 420 g/mol. The summed E-state index contributed by atoms with van der Waals surface area (Å²) in [6.45, 7) is 2.49. The third kappa shape index (κ3) is 5.02. The summed E-state index contributed by atoms with van der Waals surface area (Å²) >= 11 is 3.18. The second-order valence-electron chi connectivity index (χ2n) is 6.75. The first-order valence-electron chi connectivity index (χ1n) is 9.38. The van der Waals surface area contributed by atoms with E-state index in [2.05, 4.69) is 30.1 Å². The molecule has 29 heavy (non-hydrogen) atoms. The predicted octanol–water partition coefficient (Wildman–Crippen LogP) is 5.47. The third-order valence-corrected chi connectivity index (χ3v) is 6.48. The highest BCUT2D eigenvalue weighted by atomic mass is 32.2. The van der Waals surface area contributed by atoms with Gasteiger partial charge in [0, 0.05) is 11.9 Å². The van der Waals surface area contributed by atoms with E-state index in [-0.39, 0.29) is 5.91 Å². The van der Waals surface area contributed by atoms with E-state index in [9.17, 15) is 4.79 Å². The molecule has 0 spiro atoms. The van der Waals surface area contributed by atoms with Gasteiger partial charge in [-0.1, -0.05) is 53.8 Å². The number of hydrogen-bond donors (Lipinski definition) is 0. The lowest BCUT2D eigenvalue weighted by molar-refractivity contribution is -0.116. The number of carbonyl (C=O) groups excluding carboxylic acids is 1. The van der Waals surface area contributed by atoms with E-state index in [0.717, 1.165) is 26.8 Å². The first kappa shape index (κ1) is 19.6. The van der Waals surface area contributed by atoms with E-state index in [1.807, 2.05) is 48.5 Å². The van der Waals surface area contributed by atoms with Crippen molar-refractivity contribution in [2.24, 2.45) is 0 Å². The van der Waals surface area contributed by atoms with Gasteiger partial charge < -0.3 is 0 Å². The zero-order chi connectivity index (χ0) is 20.1. The predicted molar refractivity (Wildman–Crippen MR) is 122 cm³/mol. The number of fused-ring (bicyclic) bond motifs is 1. The Labute approximate surface area is 178 Å². The molecule has 1 amide bonds. The van der Waals surface area contributed by atoms with E-state index >= 15 is 0 Å². The minimum absolute atomic E-state index is 0.0485. The molecular weight excluding hydrogens is 398 g/mol. The lowest BCUT2D eigenvalue weighted by Crippen LogP contribution is -2.32. The molecular formula is C23H21N3OS2. The van der Waals surface area contributed by atoms with Gasteiger partial charge in [0.2, 0.25) is 5.91 Å². The summed E-state index contributed by atoms with van der Waals surface area (Å²) in [6, 6.07) is 22.1. The fourth-order valence-corrected chi connectivity index (χ4v) is 4.90. The van der Waals surface area contributed by atoms with Gasteiger partial charge in [0.05, 0.1) is 28.2 Å². The Balaban J connectivity index is 1.54. The highest BCUT2D eigenvalue weighted by molar-refractivity contribution is 7.99. The maximum atomic E-state index is 13.1. The molecule has 0 N–H and O–H groups in total. The number of nitrogens with zero attached hydrogens (tertiary/aromatic N) is 3. The number of benzene rings is 2. The zero-order valence-electron chi connectivity index (χ0n) is 16.1. The molecule has 4 rings (SSSR count). The molecule has 0 radical (unpaired) electrons. The van der Waals surface area contributed by atoms with Gasteiger partial charge in [-0.25, -0.2) is 4.98 Å². The summed E-state index contributed by atoms with van der Waals surface area (Å²) in [7, 11) is 0. The summed E-state index contributed by atoms with van der Waals surface area (Å²) in [4.78, 5) is 24.0. The van der Waals surface area contributed by atoms with Crippen molar-refractivity contribution in [3.05, 3.63) is 89.7 Å². The Kier molecular flexibility index (Phi) is 6.22. The lowest BCUT2D eigenvalue weighted by Gasteiger charge is -2.19. The van der Waals surface area contributed by atoms with Crippen molar-refractivity contribution < 1.29 is 4.79 Å².